The number of nitriles is 1. The number of phenols is 1. The smallest absolute Gasteiger partial charge is 0.324 e. The van der Waals surface area contributed by atoms with Crippen LogP contribution in [0.4, 0.5) is 0 Å². The number of aryl methyl sites for hydroxylation is 1. The van der Waals surface area contributed by atoms with Crippen molar-refractivity contribution in [2.75, 3.05) is 33.9 Å². The Kier molecular flexibility index (Phi) is 14.4. The number of guanidine groups is 1. The number of hydrazine groups is 1. The highest BCUT2D eigenvalue weighted by atomic mass is 16.5. The van der Waals surface area contributed by atoms with Crippen molar-refractivity contribution in [1.82, 2.24) is 35.5 Å². The van der Waals surface area contributed by atoms with E-state index >= 15 is 0 Å². The van der Waals surface area contributed by atoms with Crippen LogP contribution in [0.5, 0.6) is 5.75 Å². The molecular weight excluding hydrogens is 805 g/mol. The van der Waals surface area contributed by atoms with E-state index in [-0.39, 0.29) is 31.3 Å². The van der Waals surface area contributed by atoms with Gasteiger partial charge < -0.3 is 35.1 Å². The number of nitrogens with one attached hydrogen (secondary N) is 3. The molecule has 17 heteroatoms. The number of aliphatic imine (C=N–C) groups is 1. The van der Waals surface area contributed by atoms with Gasteiger partial charge in [-0.15, -0.1) is 0 Å². The molecule has 6 N–H and O–H groups in total. The number of carbonyl (C=O) groups is 4. The van der Waals surface area contributed by atoms with Gasteiger partial charge >= 0.3 is 5.97 Å². The van der Waals surface area contributed by atoms with Crippen LogP contribution in [-0.4, -0.2) is 106 Å². The zero-order valence-electron chi connectivity index (χ0n) is 37.0. The maximum atomic E-state index is 14.6. The molecule has 3 amide bonds. The van der Waals surface area contributed by atoms with Crippen LogP contribution in [0.15, 0.2) is 59.9 Å². The Bertz CT molecular complexity index is 2440. The van der Waals surface area contributed by atoms with Crippen LogP contribution in [0.2, 0.25) is 0 Å². The van der Waals surface area contributed by atoms with Gasteiger partial charge in [0.15, 0.2) is 6.19 Å². The normalized spacial score (nSPS) is 18.6. The van der Waals surface area contributed by atoms with Gasteiger partial charge in [-0.1, -0.05) is 39.8 Å². The first-order valence-corrected chi connectivity index (χ1v) is 21.2. The lowest BCUT2D eigenvalue weighted by Crippen LogP contribution is -2.62. The van der Waals surface area contributed by atoms with Crippen molar-refractivity contribution in [2.24, 2.45) is 22.1 Å². The number of amides is 3. The topological polar surface area (TPSA) is 230 Å². The van der Waals surface area contributed by atoms with Gasteiger partial charge in [0.05, 0.1) is 18.9 Å². The van der Waals surface area contributed by atoms with Gasteiger partial charge in [-0.05, 0) is 90.3 Å². The summed E-state index contributed by atoms with van der Waals surface area (Å²) in [7, 11) is 3.12. The molecular formula is C46H58N10O7. The first-order valence-electron chi connectivity index (χ1n) is 21.2. The Morgan fingerprint density at radius 2 is 1.97 bits per heavy atom. The number of methoxy groups -OCH3 is 1. The summed E-state index contributed by atoms with van der Waals surface area (Å²) in [6.07, 6.45) is 6.67. The van der Waals surface area contributed by atoms with Crippen LogP contribution in [0.1, 0.15) is 64.2 Å². The van der Waals surface area contributed by atoms with Gasteiger partial charge in [0.1, 0.15) is 30.4 Å². The third kappa shape index (κ3) is 10.4. The minimum atomic E-state index is -1.19. The van der Waals surface area contributed by atoms with Crippen LogP contribution < -0.4 is 21.8 Å². The fourth-order valence-corrected chi connectivity index (χ4v) is 8.63. The number of esters is 1. The highest BCUT2D eigenvalue weighted by Gasteiger charge is 2.37. The fourth-order valence-electron chi connectivity index (χ4n) is 8.63. The average molecular weight is 863 g/mol. The third-order valence-corrected chi connectivity index (χ3v) is 11.6. The van der Waals surface area contributed by atoms with Crippen molar-refractivity contribution in [2.45, 2.75) is 91.6 Å². The number of pyridine rings is 1. The SMILES string of the molecule is CCn1c(-c2cnccc2COC)c2c3cc(ccc31)-c1cc(O)cc(c1)C[C@H](NC(=O)C(C(C)C)N(C)C(=O)CN=C(N)NC#N)C(=O)N1CCC[C@H](N1)C(=O)OCC(C)(C)C2. The standard InChI is InChI=1S/C46H58N10O7/c1-8-55-38-12-11-29-20-33(38)34(41(55)35-22-49-14-13-30(35)24-62-7)21-46(4,5)25-63-44(61)36-10-9-15-56(53-36)43(60)37(18-28-16-31(29)19-32(57)17-28)52-42(59)40(27(2)3)54(6)39(58)23-50-45(48)51-26-47/h11-14,16-17,19-20,22,27,36-37,40,53,57H,8-10,15,18,21,23-25H2,1-7H3,(H,52,59)(H3,48,50,51)/t36-,37-,40?/m0/s1. The number of nitrogens with two attached hydrogens (primary N) is 1. The van der Waals surface area contributed by atoms with Crippen LogP contribution in [-0.2, 0) is 54.6 Å². The van der Waals surface area contributed by atoms with Crippen LogP contribution >= 0.6 is 0 Å². The van der Waals surface area contributed by atoms with E-state index in [2.05, 4.69) is 63.5 Å². The van der Waals surface area contributed by atoms with E-state index in [4.69, 9.17) is 20.5 Å². The Balaban J connectivity index is 1.46. The van der Waals surface area contributed by atoms with Crippen LogP contribution in [0.3, 0.4) is 0 Å². The molecule has 6 bridgehead atoms. The third-order valence-electron chi connectivity index (χ3n) is 11.6. The van der Waals surface area contributed by atoms with E-state index in [0.717, 1.165) is 38.9 Å². The molecule has 4 heterocycles. The summed E-state index contributed by atoms with van der Waals surface area (Å²) in [6, 6.07) is 10.2. The molecule has 1 unspecified atom stereocenters. The zero-order valence-corrected chi connectivity index (χ0v) is 37.0. The number of ether oxygens (including phenoxy) is 2. The number of likely N-dealkylation sites (N-methyl/N-ethyl adjacent to an activating group) is 1. The largest absolute Gasteiger partial charge is 0.508 e. The molecule has 2 aliphatic heterocycles. The van der Waals surface area contributed by atoms with E-state index in [0.29, 0.717) is 43.5 Å². The van der Waals surface area contributed by atoms with E-state index < -0.39 is 59.7 Å². The summed E-state index contributed by atoms with van der Waals surface area (Å²) in [5.41, 5.74) is 15.2. The minimum absolute atomic E-state index is 0.0303. The summed E-state index contributed by atoms with van der Waals surface area (Å²) < 4.78 is 13.9. The second kappa shape index (κ2) is 19.7. The lowest BCUT2D eigenvalue weighted by molar-refractivity contribution is -0.155. The summed E-state index contributed by atoms with van der Waals surface area (Å²) in [6.45, 7) is 10.7. The fraction of sp³-hybridized carbons (Fsp3) is 0.457. The van der Waals surface area contributed by atoms with E-state index in [1.165, 1.54) is 17.0 Å². The summed E-state index contributed by atoms with van der Waals surface area (Å²) in [5.74, 6) is -2.82. The first-order chi connectivity index (χ1) is 30.0. The molecule has 0 spiro atoms. The number of fused-ring (bicyclic) bond motifs is 6. The molecule has 0 aliphatic carbocycles. The van der Waals surface area contributed by atoms with Gasteiger partial charge in [0.25, 0.3) is 5.91 Å². The molecule has 0 saturated carbocycles. The van der Waals surface area contributed by atoms with Crippen molar-refractivity contribution >= 4 is 40.6 Å². The van der Waals surface area contributed by atoms with Crippen LogP contribution in [0.25, 0.3) is 33.3 Å². The Labute approximate surface area is 367 Å². The number of benzene rings is 2. The molecule has 1 saturated heterocycles. The molecule has 6 rings (SSSR count). The van der Waals surface area contributed by atoms with Gasteiger partial charge in [-0.2, -0.15) is 5.26 Å². The Morgan fingerprint density at radius 3 is 2.68 bits per heavy atom. The van der Waals surface area contributed by atoms with Crippen molar-refractivity contribution in [3.05, 3.63) is 71.5 Å². The molecule has 334 valence electrons. The monoisotopic (exact) mass is 862 g/mol. The van der Waals surface area contributed by atoms with Crippen molar-refractivity contribution in [3.63, 3.8) is 0 Å². The van der Waals surface area contributed by atoms with Crippen molar-refractivity contribution in [3.8, 4) is 34.3 Å². The van der Waals surface area contributed by atoms with Gasteiger partial charge in [-0.3, -0.25) is 34.5 Å². The Hall–Kier alpha value is -6.51. The lowest BCUT2D eigenvalue weighted by Gasteiger charge is -2.36. The van der Waals surface area contributed by atoms with E-state index in [1.54, 1.807) is 45.5 Å². The highest BCUT2D eigenvalue weighted by Crippen LogP contribution is 2.41. The maximum absolute atomic E-state index is 14.6. The summed E-state index contributed by atoms with van der Waals surface area (Å²) in [5, 5.41) is 27.5. The second-order valence-corrected chi connectivity index (χ2v) is 17.3. The number of cyclic esters (lactones) is 1. The van der Waals surface area contributed by atoms with Gasteiger partial charge in [0, 0.05) is 67.9 Å². The molecule has 2 aliphatic rings. The lowest BCUT2D eigenvalue weighted by atomic mass is 9.84. The summed E-state index contributed by atoms with van der Waals surface area (Å²) in [4.78, 5) is 65.5. The van der Waals surface area contributed by atoms with Crippen LogP contribution in [0, 0.1) is 22.8 Å². The quantitative estimate of drug-likeness (QED) is 0.0505. The number of nitrogens with zero attached hydrogens (tertiary/aromatic N) is 6. The zero-order chi connectivity index (χ0) is 45.6. The number of rotatable bonds is 10. The molecule has 63 heavy (non-hydrogen) atoms. The molecule has 4 aromatic rings. The second-order valence-electron chi connectivity index (χ2n) is 17.3. The van der Waals surface area contributed by atoms with Crippen molar-refractivity contribution in [1.29, 1.82) is 5.26 Å². The minimum Gasteiger partial charge on any atom is -0.508 e. The molecule has 1 fully saturated rings. The first kappa shape index (κ1) is 46.0. The number of hydrogen-bond donors (Lipinski definition) is 5. The number of aromatic hydroxyl groups is 1. The predicted octanol–water partition coefficient (Wildman–Crippen LogP) is 3.76. The number of aromatic nitrogens is 2. The number of phenolic OH excluding ortho intramolecular Hbond substituents is 1. The Morgan fingerprint density at radius 1 is 1.19 bits per heavy atom. The van der Waals surface area contributed by atoms with Gasteiger partial charge in [-0.25, -0.2) is 10.4 Å². The molecule has 17 nitrogen and oxygen atoms in total. The molecule has 0 radical (unpaired) electrons. The maximum Gasteiger partial charge on any atom is 0.324 e. The molecule has 2 aromatic heterocycles. The highest BCUT2D eigenvalue weighted by molar-refractivity contribution is 5.96. The molecule has 3 atom stereocenters. The predicted molar refractivity (Wildman–Crippen MR) is 237 cm³/mol. The van der Waals surface area contributed by atoms with Crippen molar-refractivity contribution < 1.29 is 33.8 Å². The summed E-state index contributed by atoms with van der Waals surface area (Å²) >= 11 is 0. The van der Waals surface area contributed by atoms with E-state index in [1.807, 2.05) is 24.4 Å². The number of hydrogen-bond acceptors (Lipinski definition) is 11. The molecule has 2 aromatic carbocycles. The number of carbonyl (C=O) groups excluding carboxylic acids is 4. The van der Waals surface area contributed by atoms with Gasteiger partial charge in [0.2, 0.25) is 17.8 Å². The average Bonchev–Trinajstić information content (AvgIpc) is 3.55. The van der Waals surface area contributed by atoms with E-state index in [9.17, 15) is 24.3 Å².